The van der Waals surface area contributed by atoms with E-state index >= 15 is 0 Å². The summed E-state index contributed by atoms with van der Waals surface area (Å²) in [5.74, 6) is 2.85. The second-order valence-electron chi connectivity index (χ2n) is 4.57. The lowest BCUT2D eigenvalue weighted by Gasteiger charge is -2.08. The van der Waals surface area contributed by atoms with Crippen molar-refractivity contribution in [1.82, 2.24) is 0 Å². The number of carbonyl (C=O) groups excluding carboxylic acids is 1. The standard InChI is InChI=1S/C14H17BrOS/c15-13-8-4-3-7-12(13)14(16)10-17-9-11-5-1-2-6-11/h3-4,7-8,11H,1-2,5-6,9-10H2. The van der Waals surface area contributed by atoms with Crippen molar-refractivity contribution in [3.8, 4) is 0 Å². The highest BCUT2D eigenvalue weighted by Gasteiger charge is 2.16. The topological polar surface area (TPSA) is 17.1 Å². The van der Waals surface area contributed by atoms with E-state index in [1.54, 1.807) is 11.8 Å². The molecular formula is C14H17BrOS. The second kappa shape index (κ2) is 6.60. The first kappa shape index (κ1) is 13.2. The highest BCUT2D eigenvalue weighted by Crippen LogP contribution is 2.28. The molecule has 0 spiro atoms. The van der Waals surface area contributed by atoms with Gasteiger partial charge in [-0.25, -0.2) is 0 Å². The quantitative estimate of drug-likeness (QED) is 0.742. The number of benzene rings is 1. The summed E-state index contributed by atoms with van der Waals surface area (Å²) >= 11 is 5.22. The average molecular weight is 313 g/mol. The monoisotopic (exact) mass is 312 g/mol. The SMILES string of the molecule is O=C(CSCC1CCCC1)c1ccccc1Br. The van der Waals surface area contributed by atoms with Crippen LogP contribution in [0.3, 0.4) is 0 Å². The third kappa shape index (κ3) is 3.85. The van der Waals surface area contributed by atoms with Gasteiger partial charge in [0.1, 0.15) is 0 Å². The Morgan fingerprint density at radius 3 is 2.71 bits per heavy atom. The predicted octanol–water partition coefficient (Wildman–Crippen LogP) is 4.56. The van der Waals surface area contributed by atoms with Crippen LogP contribution < -0.4 is 0 Å². The molecule has 0 unspecified atom stereocenters. The van der Waals surface area contributed by atoms with Crippen molar-refractivity contribution in [2.45, 2.75) is 25.7 Å². The molecule has 1 nitrogen and oxygen atoms in total. The summed E-state index contributed by atoms with van der Waals surface area (Å²) in [5, 5.41) is 0. The zero-order valence-corrected chi connectivity index (χ0v) is 12.2. The number of hydrogen-bond acceptors (Lipinski definition) is 2. The summed E-state index contributed by atoms with van der Waals surface area (Å²) in [6.45, 7) is 0. The van der Waals surface area contributed by atoms with E-state index in [-0.39, 0.29) is 5.78 Å². The van der Waals surface area contributed by atoms with E-state index < -0.39 is 0 Å². The van der Waals surface area contributed by atoms with Crippen molar-refractivity contribution >= 4 is 33.5 Å². The molecule has 1 aliphatic rings. The molecule has 0 aliphatic heterocycles. The fourth-order valence-electron chi connectivity index (χ4n) is 2.26. The van der Waals surface area contributed by atoms with Gasteiger partial charge in [-0.15, -0.1) is 0 Å². The number of Topliss-reactive ketones (excluding diaryl/α,β-unsaturated/α-hetero) is 1. The Bertz CT molecular complexity index is 386. The minimum absolute atomic E-state index is 0.237. The number of carbonyl (C=O) groups is 1. The van der Waals surface area contributed by atoms with Gasteiger partial charge in [-0.2, -0.15) is 11.8 Å². The Hall–Kier alpha value is -0.280. The van der Waals surface area contributed by atoms with Crippen LogP contribution in [0.2, 0.25) is 0 Å². The molecule has 0 atom stereocenters. The lowest BCUT2D eigenvalue weighted by molar-refractivity contribution is 0.102. The Labute approximate surface area is 115 Å². The van der Waals surface area contributed by atoms with Gasteiger partial charge >= 0.3 is 0 Å². The summed E-state index contributed by atoms with van der Waals surface area (Å²) in [4.78, 5) is 12.0. The van der Waals surface area contributed by atoms with Gasteiger partial charge in [0.15, 0.2) is 5.78 Å². The van der Waals surface area contributed by atoms with Crippen LogP contribution in [0.15, 0.2) is 28.7 Å². The Balaban J connectivity index is 1.79. The first-order chi connectivity index (χ1) is 8.27. The molecular weight excluding hydrogens is 296 g/mol. The molecule has 0 bridgehead atoms. The van der Waals surface area contributed by atoms with Gasteiger partial charge in [-0.3, -0.25) is 4.79 Å². The van der Waals surface area contributed by atoms with E-state index in [1.165, 1.54) is 25.7 Å². The second-order valence-corrected chi connectivity index (χ2v) is 6.45. The van der Waals surface area contributed by atoms with E-state index in [1.807, 2.05) is 24.3 Å². The smallest absolute Gasteiger partial charge is 0.173 e. The molecule has 2 rings (SSSR count). The summed E-state index contributed by atoms with van der Waals surface area (Å²) in [7, 11) is 0. The zero-order valence-electron chi connectivity index (χ0n) is 9.82. The molecule has 1 aromatic carbocycles. The lowest BCUT2D eigenvalue weighted by Crippen LogP contribution is -2.06. The van der Waals surface area contributed by atoms with Crippen molar-refractivity contribution in [2.75, 3.05) is 11.5 Å². The van der Waals surface area contributed by atoms with E-state index in [2.05, 4.69) is 15.9 Å². The maximum atomic E-state index is 12.0. The highest BCUT2D eigenvalue weighted by molar-refractivity contribution is 9.10. The summed E-state index contributed by atoms with van der Waals surface area (Å²) < 4.78 is 0.909. The van der Waals surface area contributed by atoms with Crippen LogP contribution in [-0.4, -0.2) is 17.3 Å². The van der Waals surface area contributed by atoms with Crippen LogP contribution in [0, 0.1) is 5.92 Å². The van der Waals surface area contributed by atoms with Crippen molar-refractivity contribution in [3.05, 3.63) is 34.3 Å². The number of hydrogen-bond donors (Lipinski definition) is 0. The van der Waals surface area contributed by atoms with Crippen molar-refractivity contribution in [2.24, 2.45) is 5.92 Å². The molecule has 0 N–H and O–H groups in total. The van der Waals surface area contributed by atoms with Gasteiger partial charge in [0.05, 0.1) is 5.75 Å². The van der Waals surface area contributed by atoms with Gasteiger partial charge in [-0.1, -0.05) is 47.0 Å². The molecule has 17 heavy (non-hydrogen) atoms. The molecule has 0 amide bonds. The Morgan fingerprint density at radius 1 is 1.29 bits per heavy atom. The largest absolute Gasteiger partial charge is 0.293 e. The average Bonchev–Trinajstić information content (AvgIpc) is 2.82. The molecule has 1 aliphatic carbocycles. The van der Waals surface area contributed by atoms with Gasteiger partial charge in [-0.05, 0) is 30.6 Å². The fraction of sp³-hybridized carbons (Fsp3) is 0.500. The zero-order chi connectivity index (χ0) is 12.1. The molecule has 1 fully saturated rings. The van der Waals surface area contributed by atoms with Gasteiger partial charge < -0.3 is 0 Å². The Kier molecular flexibility index (Phi) is 5.11. The van der Waals surface area contributed by atoms with Gasteiger partial charge in [0.2, 0.25) is 0 Å². The minimum atomic E-state index is 0.237. The molecule has 1 aromatic rings. The third-order valence-electron chi connectivity index (χ3n) is 3.24. The van der Waals surface area contributed by atoms with Crippen LogP contribution in [-0.2, 0) is 0 Å². The van der Waals surface area contributed by atoms with E-state index in [0.717, 1.165) is 21.7 Å². The summed E-state index contributed by atoms with van der Waals surface area (Å²) in [6, 6.07) is 7.67. The molecule has 0 heterocycles. The maximum absolute atomic E-state index is 12.0. The lowest BCUT2D eigenvalue weighted by atomic mass is 10.1. The van der Waals surface area contributed by atoms with Gasteiger partial charge in [0.25, 0.3) is 0 Å². The maximum Gasteiger partial charge on any atom is 0.173 e. The highest BCUT2D eigenvalue weighted by atomic mass is 79.9. The number of thioether (sulfide) groups is 1. The molecule has 0 saturated heterocycles. The van der Waals surface area contributed by atoms with Crippen LogP contribution in [0.5, 0.6) is 0 Å². The Morgan fingerprint density at radius 2 is 2.00 bits per heavy atom. The van der Waals surface area contributed by atoms with Gasteiger partial charge in [0, 0.05) is 10.0 Å². The van der Waals surface area contributed by atoms with E-state index in [0.29, 0.717) is 5.75 Å². The number of halogens is 1. The number of ketones is 1. The molecule has 0 aromatic heterocycles. The summed E-state index contributed by atoms with van der Waals surface area (Å²) in [5.41, 5.74) is 0.812. The van der Waals surface area contributed by atoms with Crippen molar-refractivity contribution < 1.29 is 4.79 Å². The first-order valence-electron chi connectivity index (χ1n) is 6.13. The van der Waals surface area contributed by atoms with E-state index in [9.17, 15) is 4.79 Å². The molecule has 1 saturated carbocycles. The fourth-order valence-corrected chi connectivity index (χ4v) is 3.89. The minimum Gasteiger partial charge on any atom is -0.293 e. The summed E-state index contributed by atoms with van der Waals surface area (Å²) in [6.07, 6.45) is 5.47. The first-order valence-corrected chi connectivity index (χ1v) is 8.07. The third-order valence-corrected chi connectivity index (χ3v) is 5.10. The van der Waals surface area contributed by atoms with Crippen LogP contribution in [0.1, 0.15) is 36.0 Å². The van der Waals surface area contributed by atoms with Crippen LogP contribution >= 0.6 is 27.7 Å². The van der Waals surface area contributed by atoms with Crippen LogP contribution in [0.25, 0.3) is 0 Å². The van der Waals surface area contributed by atoms with E-state index in [4.69, 9.17) is 0 Å². The van der Waals surface area contributed by atoms with Crippen LogP contribution in [0.4, 0.5) is 0 Å². The molecule has 3 heteroatoms. The predicted molar refractivity (Wildman–Crippen MR) is 77.8 cm³/mol. The van der Waals surface area contributed by atoms with Crippen molar-refractivity contribution in [3.63, 3.8) is 0 Å². The van der Waals surface area contributed by atoms with Crippen molar-refractivity contribution in [1.29, 1.82) is 0 Å². The number of rotatable bonds is 5. The molecule has 0 radical (unpaired) electrons. The normalized spacial score (nSPS) is 16.3. The molecule has 92 valence electrons.